The normalized spacial score (nSPS) is 12.2. The van der Waals surface area contributed by atoms with Crippen LogP contribution in [0.1, 0.15) is 5.82 Å². The van der Waals surface area contributed by atoms with E-state index in [1.165, 1.54) is 0 Å². The Morgan fingerprint density at radius 2 is 1.73 bits per heavy atom. The molecule has 0 spiro atoms. The first-order valence-electron chi connectivity index (χ1n) is 3.87. The van der Waals surface area contributed by atoms with Gasteiger partial charge in [0.25, 0.3) is 0 Å². The molecule has 2 aromatic rings. The van der Waals surface area contributed by atoms with Gasteiger partial charge in [-0.15, -0.1) is 0 Å². The van der Waals surface area contributed by atoms with Crippen molar-refractivity contribution >= 4 is 11.0 Å². The molecule has 1 aromatic carbocycles. The molecule has 0 saturated heterocycles. The lowest BCUT2D eigenvalue weighted by Crippen LogP contribution is -2.06. The second-order valence-corrected chi connectivity index (χ2v) is 2.91. The van der Waals surface area contributed by atoms with Crippen molar-refractivity contribution in [2.45, 2.75) is 6.18 Å². The summed E-state index contributed by atoms with van der Waals surface area (Å²) in [6.45, 7) is 0. The standard InChI is InChI=1S/C8H5F3N2O2/c9-8(10,11)7-12-5-3(14)1-2-4(15)6(5)13-7/h1-2,14-15H,(H,12,13). The molecule has 0 atom stereocenters. The fourth-order valence-corrected chi connectivity index (χ4v) is 1.20. The second kappa shape index (κ2) is 2.78. The number of fused-ring (bicyclic) bond motifs is 1. The van der Waals surface area contributed by atoms with Crippen LogP contribution in [0, 0.1) is 0 Å². The molecule has 0 saturated carbocycles. The number of benzene rings is 1. The minimum Gasteiger partial charge on any atom is -0.506 e. The van der Waals surface area contributed by atoms with E-state index in [0.29, 0.717) is 0 Å². The van der Waals surface area contributed by atoms with Crippen molar-refractivity contribution in [3.05, 3.63) is 18.0 Å². The summed E-state index contributed by atoms with van der Waals surface area (Å²) in [7, 11) is 0. The lowest BCUT2D eigenvalue weighted by atomic mass is 10.3. The highest BCUT2D eigenvalue weighted by atomic mass is 19.4. The molecule has 0 aliphatic carbocycles. The Morgan fingerprint density at radius 1 is 1.13 bits per heavy atom. The predicted molar refractivity (Wildman–Crippen MR) is 44.4 cm³/mol. The molecule has 0 amide bonds. The van der Waals surface area contributed by atoms with Crippen molar-refractivity contribution in [1.29, 1.82) is 0 Å². The van der Waals surface area contributed by atoms with Gasteiger partial charge >= 0.3 is 6.18 Å². The lowest BCUT2D eigenvalue weighted by molar-refractivity contribution is -0.144. The Labute approximate surface area is 81.0 Å². The van der Waals surface area contributed by atoms with Crippen LogP contribution in [0.4, 0.5) is 13.2 Å². The number of hydrogen-bond donors (Lipinski definition) is 3. The van der Waals surface area contributed by atoms with E-state index in [1.54, 1.807) is 0 Å². The van der Waals surface area contributed by atoms with E-state index >= 15 is 0 Å². The number of nitrogens with one attached hydrogen (secondary N) is 1. The van der Waals surface area contributed by atoms with E-state index in [-0.39, 0.29) is 11.0 Å². The van der Waals surface area contributed by atoms with Crippen molar-refractivity contribution in [3.8, 4) is 11.5 Å². The maximum atomic E-state index is 12.2. The van der Waals surface area contributed by atoms with Crippen LogP contribution in [0.2, 0.25) is 0 Å². The van der Waals surface area contributed by atoms with Crippen molar-refractivity contribution in [2.75, 3.05) is 0 Å². The van der Waals surface area contributed by atoms with Gasteiger partial charge in [-0.3, -0.25) is 0 Å². The van der Waals surface area contributed by atoms with Crippen molar-refractivity contribution in [2.24, 2.45) is 0 Å². The zero-order valence-electron chi connectivity index (χ0n) is 7.13. The quantitative estimate of drug-likeness (QED) is 0.592. The molecule has 0 unspecified atom stereocenters. The molecular weight excluding hydrogens is 213 g/mol. The summed E-state index contributed by atoms with van der Waals surface area (Å²) < 4.78 is 36.7. The Kier molecular flexibility index (Phi) is 1.79. The Hall–Kier alpha value is -1.92. The number of aromatic hydroxyl groups is 2. The fraction of sp³-hybridized carbons (Fsp3) is 0.125. The maximum Gasteiger partial charge on any atom is 0.449 e. The Bertz CT molecular complexity index is 479. The number of phenolic OH excluding ortho intramolecular Hbond substituents is 2. The minimum absolute atomic E-state index is 0.234. The molecule has 3 N–H and O–H groups in total. The van der Waals surface area contributed by atoms with Gasteiger partial charge in [-0.2, -0.15) is 13.2 Å². The van der Waals surface area contributed by atoms with Crippen LogP contribution in [0.15, 0.2) is 12.1 Å². The number of imidazole rings is 1. The number of halogens is 3. The van der Waals surface area contributed by atoms with Crippen molar-refractivity contribution < 1.29 is 23.4 Å². The highest BCUT2D eigenvalue weighted by Gasteiger charge is 2.35. The molecule has 0 aliphatic heterocycles. The summed E-state index contributed by atoms with van der Waals surface area (Å²) in [5, 5.41) is 18.4. The van der Waals surface area contributed by atoms with E-state index in [2.05, 4.69) is 4.98 Å². The lowest BCUT2D eigenvalue weighted by Gasteiger charge is -1.99. The molecule has 0 fully saturated rings. The fourth-order valence-electron chi connectivity index (χ4n) is 1.20. The van der Waals surface area contributed by atoms with E-state index in [4.69, 9.17) is 0 Å². The smallest absolute Gasteiger partial charge is 0.449 e. The van der Waals surface area contributed by atoms with Gasteiger partial charge in [0, 0.05) is 0 Å². The SMILES string of the molecule is Oc1ccc(O)c2[nH]c(C(F)(F)F)nc12. The second-order valence-electron chi connectivity index (χ2n) is 2.91. The summed E-state index contributed by atoms with van der Waals surface area (Å²) >= 11 is 0. The largest absolute Gasteiger partial charge is 0.506 e. The molecule has 2 rings (SSSR count). The number of aromatic amines is 1. The van der Waals surface area contributed by atoms with Crippen LogP contribution in [-0.4, -0.2) is 20.2 Å². The highest BCUT2D eigenvalue weighted by Crippen LogP contribution is 2.34. The average Bonchev–Trinajstić information content (AvgIpc) is 2.56. The first-order chi connectivity index (χ1) is 6.89. The molecule has 80 valence electrons. The topological polar surface area (TPSA) is 69.1 Å². The van der Waals surface area contributed by atoms with Crippen LogP contribution in [0.5, 0.6) is 11.5 Å². The summed E-state index contributed by atoms with van der Waals surface area (Å²) in [4.78, 5) is 5.05. The molecular formula is C8H5F3N2O2. The number of aromatic nitrogens is 2. The van der Waals surface area contributed by atoms with Gasteiger partial charge in [0.15, 0.2) is 0 Å². The predicted octanol–water partition coefficient (Wildman–Crippen LogP) is 1.99. The minimum atomic E-state index is -4.64. The van der Waals surface area contributed by atoms with Crippen LogP contribution in [-0.2, 0) is 6.18 Å². The molecule has 7 heteroatoms. The van der Waals surface area contributed by atoms with Crippen LogP contribution < -0.4 is 0 Å². The molecule has 4 nitrogen and oxygen atoms in total. The van der Waals surface area contributed by atoms with Crippen LogP contribution in [0.3, 0.4) is 0 Å². The van der Waals surface area contributed by atoms with Gasteiger partial charge in [-0.1, -0.05) is 0 Å². The summed E-state index contributed by atoms with van der Waals surface area (Å²) in [6.07, 6.45) is -4.64. The van der Waals surface area contributed by atoms with Gasteiger partial charge in [0.2, 0.25) is 5.82 Å². The molecule has 0 aliphatic rings. The highest BCUT2D eigenvalue weighted by molar-refractivity contribution is 5.86. The number of alkyl halides is 3. The number of phenols is 2. The van der Waals surface area contributed by atoms with Gasteiger partial charge in [-0.25, -0.2) is 4.98 Å². The third-order valence-corrected chi connectivity index (χ3v) is 1.87. The number of nitrogens with zero attached hydrogens (tertiary/aromatic N) is 1. The third-order valence-electron chi connectivity index (χ3n) is 1.87. The molecule has 0 radical (unpaired) electrons. The van der Waals surface area contributed by atoms with Crippen LogP contribution >= 0.6 is 0 Å². The number of hydrogen-bond acceptors (Lipinski definition) is 3. The average molecular weight is 218 g/mol. The van der Waals surface area contributed by atoms with Crippen molar-refractivity contribution in [3.63, 3.8) is 0 Å². The van der Waals surface area contributed by atoms with E-state index < -0.39 is 23.5 Å². The third kappa shape index (κ3) is 1.45. The van der Waals surface area contributed by atoms with Gasteiger partial charge < -0.3 is 15.2 Å². The molecule has 1 aromatic heterocycles. The van der Waals surface area contributed by atoms with Crippen LogP contribution in [0.25, 0.3) is 11.0 Å². The summed E-state index contributed by atoms with van der Waals surface area (Å²) in [5.74, 6) is -2.07. The summed E-state index contributed by atoms with van der Waals surface area (Å²) in [6, 6.07) is 2.15. The number of H-pyrrole nitrogens is 1. The van der Waals surface area contributed by atoms with E-state index in [1.807, 2.05) is 4.98 Å². The summed E-state index contributed by atoms with van der Waals surface area (Å²) in [5.41, 5.74) is -0.537. The Balaban J connectivity index is 2.76. The van der Waals surface area contributed by atoms with E-state index in [9.17, 15) is 23.4 Å². The monoisotopic (exact) mass is 218 g/mol. The maximum absolute atomic E-state index is 12.2. The first-order valence-corrected chi connectivity index (χ1v) is 3.87. The number of rotatable bonds is 0. The first kappa shape index (κ1) is 9.63. The van der Waals surface area contributed by atoms with Crippen molar-refractivity contribution in [1.82, 2.24) is 9.97 Å². The van der Waals surface area contributed by atoms with Gasteiger partial charge in [0.1, 0.15) is 22.5 Å². The Morgan fingerprint density at radius 3 is 2.27 bits per heavy atom. The van der Waals surface area contributed by atoms with E-state index in [0.717, 1.165) is 12.1 Å². The zero-order valence-corrected chi connectivity index (χ0v) is 7.13. The van der Waals surface area contributed by atoms with Gasteiger partial charge in [0.05, 0.1) is 0 Å². The molecule has 1 heterocycles. The van der Waals surface area contributed by atoms with Gasteiger partial charge in [-0.05, 0) is 12.1 Å². The molecule has 15 heavy (non-hydrogen) atoms. The molecule has 0 bridgehead atoms. The zero-order chi connectivity index (χ0) is 11.2.